The Morgan fingerprint density at radius 1 is 0.923 bits per heavy atom. The number of aliphatic hydroxyl groups is 1. The molecule has 0 aliphatic heterocycles. The van der Waals surface area contributed by atoms with Gasteiger partial charge in [0.1, 0.15) is 6.23 Å². The molecule has 0 aromatic carbocycles. The molecule has 0 heterocycles. The van der Waals surface area contributed by atoms with Crippen molar-refractivity contribution in [2.45, 2.75) is 105 Å². The number of carbonyl (C=O) groups excluding carboxylic acids is 1. The molecule has 0 rings (SSSR count). The van der Waals surface area contributed by atoms with Crippen LogP contribution in [0, 0.1) is 10.1 Å². The maximum absolute atomic E-state index is 10.9. The van der Waals surface area contributed by atoms with E-state index >= 15 is 0 Å². The van der Waals surface area contributed by atoms with Gasteiger partial charge in [-0.15, -0.1) is 0 Å². The molecule has 1 N–H and O–H groups in total. The third-order valence-electron chi connectivity index (χ3n) is 4.24. The predicted molar refractivity (Wildman–Crippen MR) is 108 cm³/mol. The predicted octanol–water partition coefficient (Wildman–Crippen LogP) is 4.81. The molecule has 0 aromatic rings. The number of nitrogens with zero attached hydrogens (tertiary/aromatic N) is 2. The summed E-state index contributed by atoms with van der Waals surface area (Å²) in [5.41, 5.74) is 0. The molecule has 6 heteroatoms. The van der Waals surface area contributed by atoms with E-state index in [0.29, 0.717) is 6.42 Å². The zero-order chi connectivity index (χ0) is 20.2. The highest BCUT2D eigenvalue weighted by molar-refractivity contribution is 5.79. The molecule has 1 unspecified atom stereocenters. The molecule has 26 heavy (non-hydrogen) atoms. The van der Waals surface area contributed by atoms with Crippen molar-refractivity contribution in [3.8, 4) is 0 Å². The molecule has 0 aromatic heterocycles. The van der Waals surface area contributed by atoms with Gasteiger partial charge in [-0.05, 0) is 26.2 Å². The molecule has 0 radical (unpaired) electrons. The fourth-order valence-electron chi connectivity index (χ4n) is 2.53. The van der Waals surface area contributed by atoms with Gasteiger partial charge in [-0.2, -0.15) is 0 Å². The lowest BCUT2D eigenvalue weighted by molar-refractivity contribution is -0.467. The molecule has 0 saturated carbocycles. The van der Waals surface area contributed by atoms with Crippen molar-refractivity contribution in [3.63, 3.8) is 0 Å². The first-order valence-electron chi connectivity index (χ1n) is 10.4. The third kappa shape index (κ3) is 21.0. The van der Waals surface area contributed by atoms with Crippen molar-refractivity contribution in [2.24, 2.45) is 0 Å². The van der Waals surface area contributed by atoms with Crippen LogP contribution in [0.3, 0.4) is 0 Å². The van der Waals surface area contributed by atoms with E-state index in [1.54, 1.807) is 0 Å². The normalized spacial score (nSPS) is 11.8. The van der Waals surface area contributed by atoms with Gasteiger partial charge in [-0.3, -0.25) is 19.8 Å². The summed E-state index contributed by atoms with van der Waals surface area (Å²) in [7, 11) is 0. The standard InChI is InChI=1S/C10H19NO3.C10H23NO/c1-2-3-4-5-6-7-8-10(12)9-11(13)14;1-4-6-8-11(10(3)12)9-7-5-2/h2-9H2,1H3;10,12H,4-9H2,1-3H3. The molecule has 1 atom stereocenters. The second-order valence-corrected chi connectivity index (χ2v) is 6.92. The number of hydrogen-bond acceptors (Lipinski definition) is 5. The van der Waals surface area contributed by atoms with E-state index in [4.69, 9.17) is 0 Å². The van der Waals surface area contributed by atoms with Crippen LogP contribution in [0.4, 0.5) is 0 Å². The van der Waals surface area contributed by atoms with E-state index < -0.39 is 11.5 Å². The van der Waals surface area contributed by atoms with Crippen LogP contribution in [0.5, 0.6) is 0 Å². The van der Waals surface area contributed by atoms with Crippen molar-refractivity contribution < 1.29 is 14.8 Å². The minimum Gasteiger partial charge on any atom is -0.379 e. The van der Waals surface area contributed by atoms with Gasteiger partial charge in [0.25, 0.3) is 6.54 Å². The Morgan fingerprint density at radius 3 is 1.81 bits per heavy atom. The molecule has 156 valence electrons. The number of aliphatic hydroxyl groups excluding tert-OH is 1. The summed E-state index contributed by atoms with van der Waals surface area (Å²) >= 11 is 0. The first-order valence-corrected chi connectivity index (χ1v) is 10.4. The van der Waals surface area contributed by atoms with Gasteiger partial charge in [0.15, 0.2) is 0 Å². The number of carbonyl (C=O) groups is 1. The Bertz CT molecular complexity index is 328. The number of nitro groups is 1. The Labute approximate surface area is 160 Å². The number of rotatable bonds is 16. The van der Waals surface area contributed by atoms with Crippen LogP contribution in [-0.2, 0) is 4.79 Å². The van der Waals surface area contributed by atoms with Crippen LogP contribution in [0.1, 0.15) is 98.3 Å². The van der Waals surface area contributed by atoms with Gasteiger partial charge < -0.3 is 5.11 Å². The van der Waals surface area contributed by atoms with Crippen LogP contribution >= 0.6 is 0 Å². The van der Waals surface area contributed by atoms with E-state index in [9.17, 15) is 20.0 Å². The number of ketones is 1. The molecule has 0 spiro atoms. The Kier molecular flexibility index (Phi) is 21.2. The molecular weight excluding hydrogens is 332 g/mol. The topological polar surface area (TPSA) is 83.7 Å². The fourth-order valence-corrected chi connectivity index (χ4v) is 2.53. The van der Waals surface area contributed by atoms with Crippen LogP contribution < -0.4 is 0 Å². The van der Waals surface area contributed by atoms with E-state index in [1.807, 2.05) is 6.92 Å². The quantitative estimate of drug-likeness (QED) is 0.181. The molecule has 0 aliphatic rings. The Balaban J connectivity index is 0. The minimum absolute atomic E-state index is 0.245. The highest BCUT2D eigenvalue weighted by Gasteiger charge is 2.08. The second kappa shape index (κ2) is 20.3. The van der Waals surface area contributed by atoms with Gasteiger partial charge in [0, 0.05) is 24.4 Å². The summed E-state index contributed by atoms with van der Waals surface area (Å²) < 4.78 is 0. The van der Waals surface area contributed by atoms with Gasteiger partial charge in [-0.1, -0.05) is 65.7 Å². The average molecular weight is 375 g/mol. The zero-order valence-electron chi connectivity index (χ0n) is 17.5. The van der Waals surface area contributed by atoms with Crippen molar-refractivity contribution in [1.29, 1.82) is 0 Å². The maximum Gasteiger partial charge on any atom is 0.261 e. The second-order valence-electron chi connectivity index (χ2n) is 6.92. The number of unbranched alkanes of at least 4 members (excludes halogenated alkanes) is 7. The third-order valence-corrected chi connectivity index (χ3v) is 4.24. The summed E-state index contributed by atoms with van der Waals surface area (Å²) in [6.45, 7) is 9.93. The van der Waals surface area contributed by atoms with Crippen LogP contribution in [0.2, 0.25) is 0 Å². The van der Waals surface area contributed by atoms with Gasteiger partial charge in [0.05, 0.1) is 0 Å². The lowest BCUT2D eigenvalue weighted by atomic mass is 10.1. The van der Waals surface area contributed by atoms with Gasteiger partial charge in [-0.25, -0.2) is 0 Å². The summed E-state index contributed by atoms with van der Waals surface area (Å²) in [6, 6.07) is 0. The summed E-state index contributed by atoms with van der Waals surface area (Å²) in [4.78, 5) is 22.5. The molecule has 0 bridgehead atoms. The lowest BCUT2D eigenvalue weighted by Gasteiger charge is -2.24. The largest absolute Gasteiger partial charge is 0.379 e. The van der Waals surface area contributed by atoms with E-state index in [-0.39, 0.29) is 12.0 Å². The number of Topliss-reactive ketones (excluding diaryl/α,β-unsaturated/α-hetero) is 1. The van der Waals surface area contributed by atoms with Crippen molar-refractivity contribution in [2.75, 3.05) is 19.6 Å². The van der Waals surface area contributed by atoms with Crippen molar-refractivity contribution in [3.05, 3.63) is 10.1 Å². The molecule has 0 fully saturated rings. The number of hydrogen-bond donors (Lipinski definition) is 1. The summed E-state index contributed by atoms with van der Waals surface area (Å²) in [6.07, 6.45) is 11.5. The highest BCUT2D eigenvalue weighted by Crippen LogP contribution is 2.07. The van der Waals surface area contributed by atoms with Gasteiger partial charge >= 0.3 is 0 Å². The Morgan fingerprint density at radius 2 is 1.38 bits per heavy atom. The Hall–Kier alpha value is -1.01. The van der Waals surface area contributed by atoms with E-state index in [0.717, 1.165) is 32.4 Å². The van der Waals surface area contributed by atoms with Crippen molar-refractivity contribution >= 4 is 5.78 Å². The highest BCUT2D eigenvalue weighted by atomic mass is 16.6. The minimum atomic E-state index is -0.556. The SMILES string of the molecule is CCCCCCCCC(=O)C[N+](=O)[O-].CCCCN(CCCC)C(C)O. The summed E-state index contributed by atoms with van der Waals surface area (Å²) in [5.74, 6) is -0.245. The molecule has 0 saturated heterocycles. The first-order chi connectivity index (χ1) is 12.4. The van der Waals surface area contributed by atoms with Gasteiger partial charge in [0.2, 0.25) is 5.78 Å². The monoisotopic (exact) mass is 374 g/mol. The van der Waals surface area contributed by atoms with Crippen LogP contribution in [0.15, 0.2) is 0 Å². The molecular formula is C20H42N2O4. The maximum atomic E-state index is 10.9. The van der Waals surface area contributed by atoms with Crippen molar-refractivity contribution in [1.82, 2.24) is 4.90 Å². The van der Waals surface area contributed by atoms with Crippen LogP contribution in [0.25, 0.3) is 0 Å². The lowest BCUT2D eigenvalue weighted by Crippen LogP contribution is -2.34. The summed E-state index contributed by atoms with van der Waals surface area (Å²) in [5, 5.41) is 19.4. The van der Waals surface area contributed by atoms with E-state index in [2.05, 4.69) is 25.7 Å². The fraction of sp³-hybridized carbons (Fsp3) is 0.950. The molecule has 0 aliphatic carbocycles. The first kappa shape index (κ1) is 27.2. The zero-order valence-corrected chi connectivity index (χ0v) is 17.5. The average Bonchev–Trinajstić information content (AvgIpc) is 2.57. The molecule has 6 nitrogen and oxygen atoms in total. The molecule has 0 amide bonds. The smallest absolute Gasteiger partial charge is 0.261 e. The van der Waals surface area contributed by atoms with E-state index in [1.165, 1.54) is 44.9 Å². The van der Waals surface area contributed by atoms with Crippen LogP contribution in [-0.4, -0.2) is 46.6 Å².